The minimum atomic E-state index is -0.460. The fraction of sp³-hybridized carbons (Fsp3) is 0.667. The maximum atomic E-state index is 11.6. The van der Waals surface area contributed by atoms with Crippen LogP contribution < -0.4 is 10.1 Å². The van der Waals surface area contributed by atoms with Crippen LogP contribution in [-0.4, -0.2) is 27.7 Å². The topological polar surface area (TPSA) is 79.9 Å². The van der Waals surface area contributed by atoms with E-state index in [1.165, 1.54) is 0 Å². The lowest BCUT2D eigenvalue weighted by molar-refractivity contribution is -0.123. The maximum absolute atomic E-state index is 11.6. The van der Waals surface area contributed by atoms with Gasteiger partial charge in [0, 0.05) is 5.41 Å². The molecule has 1 heterocycles. The molecular formula is C9H16N4O2. The molecular weight excluding hydrogens is 196 g/mol. The van der Waals surface area contributed by atoms with Crippen LogP contribution in [-0.2, 0) is 4.79 Å². The number of carbonyl (C=O) groups is 1. The molecule has 6 heteroatoms. The quantitative estimate of drug-likeness (QED) is 0.788. The highest BCUT2D eigenvalue weighted by Gasteiger charge is 2.22. The maximum Gasteiger partial charge on any atom is 0.337 e. The van der Waals surface area contributed by atoms with E-state index in [4.69, 9.17) is 4.74 Å². The zero-order chi connectivity index (χ0) is 11.5. The lowest BCUT2D eigenvalue weighted by Crippen LogP contribution is -2.28. The second-order valence-corrected chi connectivity index (χ2v) is 4.10. The van der Waals surface area contributed by atoms with Crippen LogP contribution in [0, 0.1) is 5.41 Å². The third-order valence-electron chi connectivity index (χ3n) is 1.65. The molecule has 0 aromatic carbocycles. The Morgan fingerprint density at radius 3 is 2.73 bits per heavy atom. The predicted octanol–water partition coefficient (Wildman–Crippen LogP) is 1.19. The molecule has 84 valence electrons. The number of amides is 1. The fourth-order valence-electron chi connectivity index (χ4n) is 0.791. The Bertz CT molecular complexity index is 340. The van der Waals surface area contributed by atoms with Crippen molar-refractivity contribution in [2.75, 3.05) is 11.9 Å². The molecule has 0 bridgehead atoms. The number of hydrogen-bond acceptors (Lipinski definition) is 4. The highest BCUT2D eigenvalue weighted by atomic mass is 16.5. The van der Waals surface area contributed by atoms with Crippen LogP contribution >= 0.6 is 0 Å². The summed E-state index contributed by atoms with van der Waals surface area (Å²) in [7, 11) is 0. The van der Waals surface area contributed by atoms with E-state index < -0.39 is 5.41 Å². The average molecular weight is 212 g/mol. The zero-order valence-electron chi connectivity index (χ0n) is 9.42. The van der Waals surface area contributed by atoms with Crippen LogP contribution in [0.3, 0.4) is 0 Å². The lowest BCUT2D eigenvalue weighted by Gasteiger charge is -2.15. The summed E-state index contributed by atoms with van der Waals surface area (Å²) in [5.74, 6) is 0.181. The minimum Gasteiger partial charge on any atom is -0.463 e. The summed E-state index contributed by atoms with van der Waals surface area (Å²) in [5.41, 5.74) is -0.460. The number of anilines is 1. The predicted molar refractivity (Wildman–Crippen MR) is 55.6 cm³/mol. The van der Waals surface area contributed by atoms with Gasteiger partial charge in [0.05, 0.1) is 6.61 Å². The Kier molecular flexibility index (Phi) is 3.28. The molecule has 0 saturated heterocycles. The number of rotatable bonds is 3. The van der Waals surface area contributed by atoms with Gasteiger partial charge >= 0.3 is 6.01 Å². The van der Waals surface area contributed by atoms with Gasteiger partial charge in [-0.15, -0.1) is 5.10 Å². The molecule has 1 rings (SSSR count). The molecule has 1 aromatic rings. The number of aromatic nitrogens is 3. The third-order valence-corrected chi connectivity index (χ3v) is 1.65. The smallest absolute Gasteiger partial charge is 0.337 e. The van der Waals surface area contributed by atoms with Gasteiger partial charge in [-0.05, 0) is 6.92 Å². The highest BCUT2D eigenvalue weighted by Crippen LogP contribution is 2.15. The molecule has 1 aromatic heterocycles. The van der Waals surface area contributed by atoms with E-state index in [1.807, 2.05) is 27.7 Å². The standard InChI is InChI=1S/C9H16N4O2/c1-5-15-8-11-7(12-13-8)10-6(14)9(2,3)4/h5H2,1-4H3,(H2,10,11,12,13,14). The first-order valence-electron chi connectivity index (χ1n) is 4.80. The Morgan fingerprint density at radius 2 is 2.20 bits per heavy atom. The minimum absolute atomic E-state index is 0.123. The number of hydrogen-bond donors (Lipinski definition) is 2. The summed E-state index contributed by atoms with van der Waals surface area (Å²) in [6, 6.07) is 0.238. The van der Waals surface area contributed by atoms with Crippen molar-refractivity contribution in [2.24, 2.45) is 5.41 Å². The van der Waals surface area contributed by atoms with E-state index >= 15 is 0 Å². The van der Waals surface area contributed by atoms with Gasteiger partial charge < -0.3 is 4.74 Å². The first-order valence-corrected chi connectivity index (χ1v) is 4.80. The van der Waals surface area contributed by atoms with Gasteiger partial charge in [-0.3, -0.25) is 10.1 Å². The van der Waals surface area contributed by atoms with Crippen LogP contribution in [0.5, 0.6) is 6.01 Å². The molecule has 6 nitrogen and oxygen atoms in total. The third kappa shape index (κ3) is 3.23. The van der Waals surface area contributed by atoms with Crippen molar-refractivity contribution in [1.29, 1.82) is 0 Å². The van der Waals surface area contributed by atoms with Crippen molar-refractivity contribution in [1.82, 2.24) is 15.2 Å². The van der Waals surface area contributed by atoms with Crippen molar-refractivity contribution < 1.29 is 9.53 Å². The van der Waals surface area contributed by atoms with Crippen molar-refractivity contribution in [3.05, 3.63) is 0 Å². The van der Waals surface area contributed by atoms with Crippen LogP contribution in [0.2, 0.25) is 0 Å². The first-order chi connectivity index (χ1) is 6.93. The van der Waals surface area contributed by atoms with Gasteiger partial charge in [-0.2, -0.15) is 4.98 Å². The van der Waals surface area contributed by atoms with E-state index in [1.54, 1.807) is 0 Å². The molecule has 0 atom stereocenters. The van der Waals surface area contributed by atoms with Crippen molar-refractivity contribution in [2.45, 2.75) is 27.7 Å². The Morgan fingerprint density at radius 1 is 1.53 bits per heavy atom. The van der Waals surface area contributed by atoms with E-state index in [2.05, 4.69) is 20.5 Å². The summed E-state index contributed by atoms with van der Waals surface area (Å²) in [6.45, 7) is 7.79. The molecule has 0 aliphatic carbocycles. The van der Waals surface area contributed by atoms with Crippen molar-refractivity contribution in [3.8, 4) is 6.01 Å². The summed E-state index contributed by atoms with van der Waals surface area (Å²) in [4.78, 5) is 15.5. The second kappa shape index (κ2) is 4.29. The van der Waals surface area contributed by atoms with Gasteiger partial charge in [0.15, 0.2) is 0 Å². The van der Waals surface area contributed by atoms with Crippen molar-refractivity contribution >= 4 is 11.9 Å². The zero-order valence-corrected chi connectivity index (χ0v) is 9.42. The van der Waals surface area contributed by atoms with E-state index in [-0.39, 0.29) is 11.9 Å². The van der Waals surface area contributed by atoms with Gasteiger partial charge in [-0.25, -0.2) is 5.10 Å². The lowest BCUT2D eigenvalue weighted by atomic mass is 9.96. The molecule has 0 aliphatic rings. The summed E-state index contributed by atoms with van der Waals surface area (Å²) in [6.07, 6.45) is 0. The SMILES string of the molecule is CCOc1n[nH]c(NC(=O)C(C)(C)C)n1. The van der Waals surface area contributed by atoms with Gasteiger partial charge in [0.25, 0.3) is 0 Å². The monoisotopic (exact) mass is 212 g/mol. The average Bonchev–Trinajstić information content (AvgIpc) is 2.51. The fourth-order valence-corrected chi connectivity index (χ4v) is 0.791. The number of ether oxygens (including phenoxy) is 1. The Labute approximate surface area is 88.4 Å². The number of nitrogens with zero attached hydrogens (tertiary/aromatic N) is 2. The number of H-pyrrole nitrogens is 1. The normalized spacial score (nSPS) is 11.2. The van der Waals surface area contributed by atoms with E-state index in [0.29, 0.717) is 12.6 Å². The molecule has 0 fully saturated rings. The van der Waals surface area contributed by atoms with E-state index in [0.717, 1.165) is 0 Å². The molecule has 0 unspecified atom stereocenters. The van der Waals surface area contributed by atoms with Crippen molar-refractivity contribution in [3.63, 3.8) is 0 Å². The first kappa shape index (κ1) is 11.5. The summed E-state index contributed by atoms with van der Waals surface area (Å²) < 4.78 is 5.05. The second-order valence-electron chi connectivity index (χ2n) is 4.10. The van der Waals surface area contributed by atoms with Crippen LogP contribution in [0.1, 0.15) is 27.7 Å². The van der Waals surface area contributed by atoms with E-state index in [9.17, 15) is 4.79 Å². The van der Waals surface area contributed by atoms with Gasteiger partial charge in [0.2, 0.25) is 11.9 Å². The molecule has 1 amide bonds. The van der Waals surface area contributed by atoms with Crippen LogP contribution in [0.25, 0.3) is 0 Å². The molecule has 0 spiro atoms. The molecule has 2 N–H and O–H groups in total. The van der Waals surface area contributed by atoms with Crippen LogP contribution in [0.15, 0.2) is 0 Å². The highest BCUT2D eigenvalue weighted by molar-refractivity contribution is 5.92. The summed E-state index contributed by atoms with van der Waals surface area (Å²) >= 11 is 0. The Balaban J connectivity index is 2.61. The largest absolute Gasteiger partial charge is 0.463 e. The molecule has 0 saturated carbocycles. The summed E-state index contributed by atoms with van der Waals surface area (Å²) in [5, 5.41) is 8.96. The number of aromatic amines is 1. The molecule has 0 radical (unpaired) electrons. The molecule has 15 heavy (non-hydrogen) atoms. The molecule has 0 aliphatic heterocycles. The number of carbonyl (C=O) groups excluding carboxylic acids is 1. The van der Waals surface area contributed by atoms with Crippen LogP contribution in [0.4, 0.5) is 5.95 Å². The van der Waals surface area contributed by atoms with Gasteiger partial charge in [-0.1, -0.05) is 20.8 Å². The van der Waals surface area contributed by atoms with Gasteiger partial charge in [0.1, 0.15) is 0 Å². The Hall–Kier alpha value is -1.59. The number of nitrogens with one attached hydrogen (secondary N) is 2.